The molecule has 4 nitrogen and oxygen atoms in total. The van der Waals surface area contributed by atoms with Crippen molar-refractivity contribution in [2.75, 3.05) is 14.2 Å². The van der Waals surface area contributed by atoms with Gasteiger partial charge in [0, 0.05) is 17.5 Å². The molecule has 4 heteroatoms. The van der Waals surface area contributed by atoms with Crippen LogP contribution < -0.4 is 9.47 Å². The highest BCUT2D eigenvalue weighted by atomic mass is 16.5. The number of rotatable bonds is 5. The Morgan fingerprint density at radius 2 is 1.81 bits per heavy atom. The van der Waals surface area contributed by atoms with Crippen LogP contribution in [-0.4, -0.2) is 31.7 Å². The highest BCUT2D eigenvalue weighted by Gasteiger charge is 2.14. The normalized spacial score (nSPS) is 12.0. The Kier molecular flexibility index (Phi) is 4.31. The molecule has 1 rings (SSSR count). The number of methoxy groups -OCH3 is 2. The molecular weight excluding hydrogens is 208 g/mol. The Balaban J connectivity index is 3.25. The molecule has 0 radical (unpaired) electrons. The maximum Gasteiger partial charge on any atom is 0.150 e. The maximum atomic E-state index is 10.7. The van der Waals surface area contributed by atoms with Crippen LogP contribution in [0, 0.1) is 0 Å². The average molecular weight is 224 g/mol. The fourth-order valence-electron chi connectivity index (χ4n) is 1.57. The van der Waals surface area contributed by atoms with Crippen LogP contribution in [-0.2, 0) is 6.42 Å². The fourth-order valence-corrected chi connectivity index (χ4v) is 1.57. The molecule has 0 aliphatic rings. The van der Waals surface area contributed by atoms with E-state index in [1.54, 1.807) is 19.1 Å². The van der Waals surface area contributed by atoms with Crippen molar-refractivity contribution < 1.29 is 19.4 Å². The van der Waals surface area contributed by atoms with Gasteiger partial charge in [0.05, 0.1) is 20.3 Å². The monoisotopic (exact) mass is 224 g/mol. The first-order valence-electron chi connectivity index (χ1n) is 5.00. The third-order valence-electron chi connectivity index (χ3n) is 2.27. The van der Waals surface area contributed by atoms with Gasteiger partial charge in [-0.25, -0.2) is 0 Å². The minimum atomic E-state index is -0.495. The summed E-state index contributed by atoms with van der Waals surface area (Å²) in [6.07, 6.45) is 0.660. The molecule has 0 aliphatic heterocycles. The van der Waals surface area contributed by atoms with E-state index in [-0.39, 0.29) is 0 Å². The summed E-state index contributed by atoms with van der Waals surface area (Å²) in [5.41, 5.74) is 1.26. The van der Waals surface area contributed by atoms with E-state index in [4.69, 9.17) is 9.47 Å². The molecule has 1 aromatic rings. The quantitative estimate of drug-likeness (QED) is 0.769. The van der Waals surface area contributed by atoms with E-state index in [2.05, 4.69) is 0 Å². The molecule has 0 saturated heterocycles. The van der Waals surface area contributed by atoms with Crippen LogP contribution in [0.5, 0.6) is 11.5 Å². The first kappa shape index (κ1) is 12.5. The van der Waals surface area contributed by atoms with Crippen LogP contribution in [0.3, 0.4) is 0 Å². The highest BCUT2D eigenvalue weighted by molar-refractivity contribution is 5.77. The Morgan fingerprint density at radius 3 is 2.12 bits per heavy atom. The molecule has 0 fully saturated rings. The number of benzene rings is 1. The molecule has 88 valence electrons. The molecule has 0 saturated carbocycles. The van der Waals surface area contributed by atoms with Gasteiger partial charge >= 0.3 is 0 Å². The van der Waals surface area contributed by atoms with Gasteiger partial charge in [-0.05, 0) is 19.1 Å². The number of hydrogen-bond acceptors (Lipinski definition) is 4. The standard InChI is InChI=1S/C12H16O4/c1-8(14)4-10-11(15-2)5-9(7-13)6-12(10)16-3/h5-8,14H,4H2,1-3H3. The molecule has 0 aromatic heterocycles. The van der Waals surface area contributed by atoms with E-state index >= 15 is 0 Å². The number of ether oxygens (including phenoxy) is 2. The van der Waals surface area contributed by atoms with Crippen molar-refractivity contribution in [3.63, 3.8) is 0 Å². The lowest BCUT2D eigenvalue weighted by Gasteiger charge is -2.15. The summed E-state index contributed by atoms with van der Waals surface area (Å²) >= 11 is 0. The van der Waals surface area contributed by atoms with Crippen LogP contribution in [0.4, 0.5) is 0 Å². The third-order valence-corrected chi connectivity index (χ3v) is 2.27. The second-order valence-electron chi connectivity index (χ2n) is 3.57. The topological polar surface area (TPSA) is 55.8 Å². The summed E-state index contributed by atoms with van der Waals surface area (Å²) < 4.78 is 10.4. The number of aldehydes is 1. The van der Waals surface area contributed by atoms with Crippen LogP contribution in [0.15, 0.2) is 12.1 Å². The predicted molar refractivity (Wildman–Crippen MR) is 60.3 cm³/mol. The summed E-state index contributed by atoms with van der Waals surface area (Å²) in [5, 5.41) is 9.39. The molecule has 0 amide bonds. The SMILES string of the molecule is COc1cc(C=O)cc(OC)c1CC(C)O. The van der Waals surface area contributed by atoms with E-state index in [1.807, 2.05) is 0 Å². The van der Waals surface area contributed by atoms with Crippen molar-refractivity contribution in [2.45, 2.75) is 19.4 Å². The zero-order chi connectivity index (χ0) is 12.1. The first-order chi connectivity index (χ1) is 7.62. The molecule has 1 unspecified atom stereocenters. The van der Waals surface area contributed by atoms with E-state index < -0.39 is 6.10 Å². The van der Waals surface area contributed by atoms with Gasteiger partial charge in [0.2, 0.25) is 0 Å². The van der Waals surface area contributed by atoms with Gasteiger partial charge in [0.25, 0.3) is 0 Å². The van der Waals surface area contributed by atoms with Gasteiger partial charge in [0.1, 0.15) is 17.8 Å². The van der Waals surface area contributed by atoms with Gasteiger partial charge in [0.15, 0.2) is 0 Å². The number of aliphatic hydroxyl groups is 1. The molecule has 1 atom stereocenters. The van der Waals surface area contributed by atoms with Gasteiger partial charge in [-0.15, -0.1) is 0 Å². The molecule has 0 heterocycles. The lowest BCUT2D eigenvalue weighted by Crippen LogP contribution is -2.08. The second-order valence-corrected chi connectivity index (χ2v) is 3.57. The molecule has 1 aromatic carbocycles. The Hall–Kier alpha value is -1.55. The Morgan fingerprint density at radius 1 is 1.31 bits per heavy atom. The molecule has 16 heavy (non-hydrogen) atoms. The molecule has 0 aliphatic carbocycles. The van der Waals surface area contributed by atoms with Gasteiger partial charge in [-0.2, -0.15) is 0 Å². The third kappa shape index (κ3) is 2.73. The zero-order valence-corrected chi connectivity index (χ0v) is 9.69. The lowest BCUT2D eigenvalue weighted by molar-refractivity contribution is 0.112. The molecule has 0 bridgehead atoms. The minimum Gasteiger partial charge on any atom is -0.496 e. The molecular formula is C12H16O4. The van der Waals surface area contributed by atoms with Crippen molar-refractivity contribution in [3.8, 4) is 11.5 Å². The van der Waals surface area contributed by atoms with Crippen molar-refractivity contribution >= 4 is 6.29 Å². The van der Waals surface area contributed by atoms with Crippen LogP contribution in [0.25, 0.3) is 0 Å². The van der Waals surface area contributed by atoms with Crippen LogP contribution in [0.1, 0.15) is 22.8 Å². The van der Waals surface area contributed by atoms with E-state index in [0.29, 0.717) is 23.5 Å². The van der Waals surface area contributed by atoms with Gasteiger partial charge in [-0.1, -0.05) is 0 Å². The summed E-state index contributed by atoms with van der Waals surface area (Å²) in [5.74, 6) is 1.12. The highest BCUT2D eigenvalue weighted by Crippen LogP contribution is 2.31. The number of hydrogen-bond donors (Lipinski definition) is 1. The largest absolute Gasteiger partial charge is 0.496 e. The fraction of sp³-hybridized carbons (Fsp3) is 0.417. The van der Waals surface area contributed by atoms with Crippen LogP contribution in [0.2, 0.25) is 0 Å². The van der Waals surface area contributed by atoms with Crippen molar-refractivity contribution in [1.82, 2.24) is 0 Å². The maximum absolute atomic E-state index is 10.7. The zero-order valence-electron chi connectivity index (χ0n) is 9.69. The predicted octanol–water partition coefficient (Wildman–Crippen LogP) is 1.44. The molecule has 1 N–H and O–H groups in total. The summed E-state index contributed by atoms with van der Waals surface area (Å²) in [4.78, 5) is 10.7. The Bertz CT molecular complexity index is 346. The number of carbonyl (C=O) groups is 1. The average Bonchev–Trinajstić information content (AvgIpc) is 2.28. The minimum absolute atomic E-state index is 0.422. The van der Waals surface area contributed by atoms with Crippen molar-refractivity contribution in [1.29, 1.82) is 0 Å². The van der Waals surface area contributed by atoms with Crippen LogP contribution >= 0.6 is 0 Å². The summed E-state index contributed by atoms with van der Waals surface area (Å²) in [7, 11) is 3.05. The second kappa shape index (κ2) is 5.51. The van der Waals surface area contributed by atoms with Crippen molar-refractivity contribution in [3.05, 3.63) is 23.3 Å². The number of carbonyl (C=O) groups excluding carboxylic acids is 1. The number of aliphatic hydroxyl groups excluding tert-OH is 1. The van der Waals surface area contributed by atoms with E-state index in [0.717, 1.165) is 11.8 Å². The van der Waals surface area contributed by atoms with Gasteiger partial charge in [-0.3, -0.25) is 4.79 Å². The summed E-state index contributed by atoms with van der Waals surface area (Å²) in [6.45, 7) is 1.69. The van der Waals surface area contributed by atoms with Crippen molar-refractivity contribution in [2.24, 2.45) is 0 Å². The van der Waals surface area contributed by atoms with Gasteiger partial charge < -0.3 is 14.6 Å². The summed E-state index contributed by atoms with van der Waals surface area (Å²) in [6, 6.07) is 3.26. The first-order valence-corrected chi connectivity index (χ1v) is 5.00. The Labute approximate surface area is 94.8 Å². The van der Waals surface area contributed by atoms with E-state index in [1.165, 1.54) is 14.2 Å². The smallest absolute Gasteiger partial charge is 0.150 e. The molecule has 0 spiro atoms. The lowest BCUT2D eigenvalue weighted by atomic mass is 10.0. The van der Waals surface area contributed by atoms with E-state index in [9.17, 15) is 9.90 Å².